The molecule has 1 aromatic carbocycles. The fraction of sp³-hybridized carbons (Fsp3) is 0.400. The smallest absolute Gasteiger partial charge is 0.321 e. The summed E-state index contributed by atoms with van der Waals surface area (Å²) < 4.78 is 31.1. The third kappa shape index (κ3) is 3.00. The first-order valence-electron chi connectivity index (χ1n) is 6.90. The average Bonchev–Trinajstić information content (AvgIpc) is 2.55. The number of hydrogen-bond donors (Lipinski definition) is 2. The van der Waals surface area contributed by atoms with Crippen molar-refractivity contribution in [2.45, 2.75) is 31.9 Å². The highest BCUT2D eigenvalue weighted by molar-refractivity contribution is 7.95. The fourth-order valence-electron chi connectivity index (χ4n) is 2.55. The van der Waals surface area contributed by atoms with Gasteiger partial charge < -0.3 is 15.4 Å². The van der Waals surface area contributed by atoms with Crippen LogP contribution >= 0.6 is 0 Å². The molecule has 1 aliphatic heterocycles. The van der Waals surface area contributed by atoms with Gasteiger partial charge in [-0.15, -0.1) is 0 Å². The van der Waals surface area contributed by atoms with Gasteiger partial charge in [-0.2, -0.15) is 0 Å². The van der Waals surface area contributed by atoms with Crippen LogP contribution in [0.5, 0.6) is 0 Å². The third-order valence-corrected chi connectivity index (χ3v) is 5.84. The molecule has 2 amide bonds. The zero-order chi connectivity index (χ0) is 16.5. The van der Waals surface area contributed by atoms with E-state index in [1.54, 1.807) is 38.1 Å². The van der Waals surface area contributed by atoms with Crippen LogP contribution in [0.1, 0.15) is 19.4 Å². The van der Waals surface area contributed by atoms with Gasteiger partial charge in [0.2, 0.25) is 9.84 Å². The molecule has 2 N–H and O–H groups in total. The summed E-state index contributed by atoms with van der Waals surface area (Å²) in [7, 11) is -2.29. The molecule has 0 aliphatic carbocycles. The van der Waals surface area contributed by atoms with Crippen molar-refractivity contribution in [2.24, 2.45) is 5.92 Å². The summed E-state index contributed by atoms with van der Waals surface area (Å²) in [6.07, 6.45) is -0.715. The van der Waals surface area contributed by atoms with E-state index in [0.717, 1.165) is 5.56 Å². The molecule has 0 spiro atoms. The number of sulfone groups is 1. The fourth-order valence-corrected chi connectivity index (χ4v) is 4.37. The summed E-state index contributed by atoms with van der Waals surface area (Å²) in [5, 5.41) is 5.14. The second-order valence-electron chi connectivity index (χ2n) is 5.35. The van der Waals surface area contributed by atoms with Crippen molar-refractivity contribution < 1.29 is 17.9 Å². The number of carbonyl (C=O) groups excluding carboxylic acids is 1. The van der Waals surface area contributed by atoms with E-state index >= 15 is 0 Å². The first-order chi connectivity index (χ1) is 10.3. The van der Waals surface area contributed by atoms with Crippen LogP contribution < -0.4 is 10.6 Å². The molecule has 6 nitrogen and oxygen atoms in total. The van der Waals surface area contributed by atoms with Crippen molar-refractivity contribution in [3.8, 4) is 0 Å². The molecule has 7 heteroatoms. The molecular weight excluding hydrogens is 304 g/mol. The number of nitrogens with one attached hydrogen (secondary N) is 2. The zero-order valence-corrected chi connectivity index (χ0v) is 13.8. The number of rotatable bonds is 3. The number of ether oxygens (including phenoxy) is 1. The van der Waals surface area contributed by atoms with Crippen LogP contribution in [0.25, 0.3) is 0 Å². The van der Waals surface area contributed by atoms with Gasteiger partial charge in [0.05, 0.1) is 9.80 Å². The molecule has 0 saturated heterocycles. The van der Waals surface area contributed by atoms with Gasteiger partial charge in [0.25, 0.3) is 0 Å². The number of amides is 2. The molecule has 0 aromatic heterocycles. The Hall–Kier alpha value is -1.86. The van der Waals surface area contributed by atoms with Crippen molar-refractivity contribution in [1.29, 1.82) is 0 Å². The van der Waals surface area contributed by atoms with Crippen LogP contribution in [-0.2, 0) is 14.6 Å². The van der Waals surface area contributed by atoms with Crippen molar-refractivity contribution in [3.63, 3.8) is 0 Å². The summed E-state index contributed by atoms with van der Waals surface area (Å²) in [5.41, 5.74) is 1.29. The lowest BCUT2D eigenvalue weighted by Gasteiger charge is -2.23. The Bertz CT molecular complexity index is 708. The Kier molecular flexibility index (Phi) is 4.58. The van der Waals surface area contributed by atoms with Gasteiger partial charge in [-0.05, 0) is 26.0 Å². The van der Waals surface area contributed by atoms with Gasteiger partial charge in [-0.1, -0.05) is 24.6 Å². The molecule has 2 rings (SSSR count). The maximum absolute atomic E-state index is 12.9. The summed E-state index contributed by atoms with van der Waals surface area (Å²) in [4.78, 5) is 12.1. The Morgan fingerprint density at radius 1 is 1.14 bits per heavy atom. The lowest BCUT2D eigenvalue weighted by atomic mass is 10.1. The van der Waals surface area contributed by atoms with Gasteiger partial charge in [-0.3, -0.25) is 0 Å². The lowest BCUT2D eigenvalue weighted by Crippen LogP contribution is -2.43. The predicted octanol–water partition coefficient (Wildman–Crippen LogP) is 1.92. The minimum Gasteiger partial charge on any atom is -0.361 e. The van der Waals surface area contributed by atoms with Crippen molar-refractivity contribution in [1.82, 2.24) is 10.6 Å². The van der Waals surface area contributed by atoms with Crippen molar-refractivity contribution >= 4 is 15.9 Å². The Balaban J connectivity index is 2.57. The maximum Gasteiger partial charge on any atom is 0.321 e. The largest absolute Gasteiger partial charge is 0.361 e. The molecule has 1 aliphatic rings. The molecule has 0 saturated carbocycles. The molecule has 0 fully saturated rings. The highest BCUT2D eigenvalue weighted by atomic mass is 32.2. The first-order valence-corrected chi connectivity index (χ1v) is 8.38. The average molecular weight is 324 g/mol. The molecule has 120 valence electrons. The number of carbonyl (C=O) groups is 1. The highest BCUT2D eigenvalue weighted by Gasteiger charge is 2.36. The number of aryl methyl sites for hydroxylation is 1. The van der Waals surface area contributed by atoms with Crippen LogP contribution in [0, 0.1) is 12.8 Å². The molecule has 22 heavy (non-hydrogen) atoms. The molecule has 0 radical (unpaired) electrons. The second-order valence-corrected chi connectivity index (χ2v) is 7.27. The molecule has 1 heterocycles. The van der Waals surface area contributed by atoms with E-state index < -0.39 is 28.0 Å². The SMILES string of the molecule is CO[C@H]1NC(=O)NC(C)=C(S(=O)(=O)c2ccc(C)cc2)[C@H]1C. The normalized spacial score (nSPS) is 22.8. The van der Waals surface area contributed by atoms with Gasteiger partial charge >= 0.3 is 6.03 Å². The summed E-state index contributed by atoms with van der Waals surface area (Å²) in [6.45, 7) is 5.18. The summed E-state index contributed by atoms with van der Waals surface area (Å²) in [5.74, 6) is -0.518. The van der Waals surface area contributed by atoms with Gasteiger partial charge in [0.1, 0.15) is 6.23 Å². The monoisotopic (exact) mass is 324 g/mol. The molecule has 2 atom stereocenters. The summed E-state index contributed by atoms with van der Waals surface area (Å²) in [6, 6.07) is 6.15. The first kappa shape index (κ1) is 16.5. The van der Waals surface area contributed by atoms with E-state index in [1.165, 1.54) is 7.11 Å². The van der Waals surface area contributed by atoms with Crippen molar-refractivity contribution in [3.05, 3.63) is 40.4 Å². The Morgan fingerprint density at radius 3 is 2.27 bits per heavy atom. The predicted molar refractivity (Wildman–Crippen MR) is 82.7 cm³/mol. The second kappa shape index (κ2) is 6.10. The Labute approximate surface area is 130 Å². The third-order valence-electron chi connectivity index (χ3n) is 3.69. The van der Waals surface area contributed by atoms with Crippen LogP contribution in [0.3, 0.4) is 0 Å². The van der Waals surface area contributed by atoms with E-state index in [1.807, 2.05) is 6.92 Å². The quantitative estimate of drug-likeness (QED) is 0.889. The van der Waals surface area contributed by atoms with Crippen LogP contribution in [0.15, 0.2) is 39.8 Å². The van der Waals surface area contributed by atoms with E-state index in [2.05, 4.69) is 10.6 Å². The van der Waals surface area contributed by atoms with Crippen LogP contribution in [0.2, 0.25) is 0 Å². The highest BCUT2D eigenvalue weighted by Crippen LogP contribution is 2.31. The van der Waals surface area contributed by atoms with Gasteiger partial charge in [0.15, 0.2) is 0 Å². The number of benzene rings is 1. The molecule has 1 aromatic rings. The van der Waals surface area contributed by atoms with E-state index in [9.17, 15) is 13.2 Å². The van der Waals surface area contributed by atoms with E-state index in [4.69, 9.17) is 4.74 Å². The maximum atomic E-state index is 12.9. The Morgan fingerprint density at radius 2 is 1.73 bits per heavy atom. The summed E-state index contributed by atoms with van der Waals surface area (Å²) >= 11 is 0. The zero-order valence-electron chi connectivity index (χ0n) is 13.0. The standard InChI is InChI=1S/C15H20N2O4S/c1-9-5-7-12(8-6-9)22(19,20)13-10(2)14(21-4)17-15(18)16-11(13)3/h5-8,10,14H,1-4H3,(H2,16,17,18)/t10-,14-/m1/s1. The van der Waals surface area contributed by atoms with Gasteiger partial charge in [0, 0.05) is 18.7 Å². The molecular formula is C15H20N2O4S. The van der Waals surface area contributed by atoms with E-state index in [0.29, 0.717) is 5.70 Å². The lowest BCUT2D eigenvalue weighted by molar-refractivity contribution is 0.0552. The number of methoxy groups -OCH3 is 1. The van der Waals surface area contributed by atoms with E-state index in [-0.39, 0.29) is 9.80 Å². The topological polar surface area (TPSA) is 84.5 Å². The number of allylic oxidation sites excluding steroid dienone is 1. The number of hydrogen-bond acceptors (Lipinski definition) is 4. The van der Waals surface area contributed by atoms with Gasteiger partial charge in [-0.25, -0.2) is 13.2 Å². The number of urea groups is 1. The molecule has 0 unspecified atom stereocenters. The van der Waals surface area contributed by atoms with Crippen molar-refractivity contribution in [2.75, 3.05) is 7.11 Å². The minimum atomic E-state index is -3.72. The van der Waals surface area contributed by atoms with Crippen LogP contribution in [0.4, 0.5) is 4.79 Å². The van der Waals surface area contributed by atoms with Crippen LogP contribution in [-0.4, -0.2) is 27.8 Å². The molecule has 0 bridgehead atoms. The minimum absolute atomic E-state index is 0.154.